The third kappa shape index (κ3) is 3.24. The maximum absolute atomic E-state index is 11.0. The fourth-order valence-corrected chi connectivity index (χ4v) is 2.58. The summed E-state index contributed by atoms with van der Waals surface area (Å²) in [5.41, 5.74) is 3.66. The molecule has 7 nitrogen and oxygen atoms in total. The molecule has 1 atom stereocenters. The highest BCUT2D eigenvalue weighted by molar-refractivity contribution is 5.61. The average molecular weight is 279 g/mol. The van der Waals surface area contributed by atoms with Crippen molar-refractivity contribution in [3.8, 4) is 0 Å². The van der Waals surface area contributed by atoms with Gasteiger partial charge in [0.15, 0.2) is 0 Å². The van der Waals surface area contributed by atoms with Crippen LogP contribution >= 0.6 is 0 Å². The number of likely N-dealkylation sites (tertiary alicyclic amines) is 1. The van der Waals surface area contributed by atoms with Crippen molar-refractivity contribution in [2.75, 3.05) is 32.6 Å². The number of rotatable bonds is 5. The Bertz CT molecular complexity index is 492. The van der Waals surface area contributed by atoms with E-state index in [1.165, 1.54) is 0 Å². The molecule has 1 unspecified atom stereocenters. The molecule has 0 radical (unpaired) electrons. The van der Waals surface area contributed by atoms with Crippen molar-refractivity contribution in [1.29, 1.82) is 0 Å². The minimum Gasteiger partial charge on any atom is -0.318 e. The number of hydrogen-bond acceptors (Lipinski definition) is 6. The molecule has 0 spiro atoms. The molecule has 110 valence electrons. The first-order valence-electron chi connectivity index (χ1n) is 6.64. The van der Waals surface area contributed by atoms with Crippen LogP contribution in [0.25, 0.3) is 0 Å². The molecule has 2 rings (SSSR count). The van der Waals surface area contributed by atoms with Crippen LogP contribution in [0, 0.1) is 10.1 Å². The largest absolute Gasteiger partial charge is 0.318 e. The number of hydrazine groups is 1. The van der Waals surface area contributed by atoms with Crippen molar-refractivity contribution in [1.82, 2.24) is 9.80 Å². The van der Waals surface area contributed by atoms with Crippen molar-refractivity contribution in [3.63, 3.8) is 0 Å². The number of nitro groups is 1. The quantitative estimate of drug-likeness (QED) is 0.475. The van der Waals surface area contributed by atoms with Gasteiger partial charge < -0.3 is 10.3 Å². The van der Waals surface area contributed by atoms with Crippen LogP contribution in [-0.2, 0) is 6.54 Å². The van der Waals surface area contributed by atoms with Crippen LogP contribution in [0.1, 0.15) is 12.0 Å². The maximum Gasteiger partial charge on any atom is 0.293 e. The normalized spacial score (nSPS) is 19.5. The summed E-state index contributed by atoms with van der Waals surface area (Å²) in [4.78, 5) is 15.1. The van der Waals surface area contributed by atoms with Crippen LogP contribution in [0.15, 0.2) is 18.2 Å². The zero-order valence-corrected chi connectivity index (χ0v) is 11.9. The first-order valence-corrected chi connectivity index (χ1v) is 6.64. The van der Waals surface area contributed by atoms with Crippen molar-refractivity contribution in [3.05, 3.63) is 33.9 Å². The molecule has 1 heterocycles. The summed E-state index contributed by atoms with van der Waals surface area (Å²) in [5, 5.41) is 11.0. The molecule has 7 heteroatoms. The molecular weight excluding hydrogens is 258 g/mol. The fraction of sp³-hybridized carbons (Fsp3) is 0.538. The highest BCUT2D eigenvalue weighted by Gasteiger charge is 2.24. The second-order valence-electron chi connectivity index (χ2n) is 5.39. The molecular formula is C13H21N5O2. The van der Waals surface area contributed by atoms with Gasteiger partial charge in [0.05, 0.1) is 4.92 Å². The van der Waals surface area contributed by atoms with E-state index in [9.17, 15) is 10.1 Å². The Morgan fingerprint density at radius 2 is 2.30 bits per heavy atom. The number of likely N-dealkylation sites (N-methyl/N-ethyl adjacent to an activating group) is 1. The summed E-state index contributed by atoms with van der Waals surface area (Å²) in [5.74, 6) is 5.28. The van der Waals surface area contributed by atoms with Crippen LogP contribution in [-0.4, -0.2) is 47.9 Å². The number of hydrogen-bond donors (Lipinski definition) is 2. The standard InChI is InChI=1S/C13H21N5O2/c1-16(2)11-5-6-17(9-11)8-10-3-4-12(15-14)13(7-10)18(19)20/h3-4,7,11,15H,5-6,8-9,14H2,1-2H3. The monoisotopic (exact) mass is 279 g/mol. The van der Waals surface area contributed by atoms with Gasteiger partial charge >= 0.3 is 0 Å². The number of benzene rings is 1. The average Bonchev–Trinajstić information content (AvgIpc) is 2.87. The van der Waals surface area contributed by atoms with Gasteiger partial charge in [-0.3, -0.25) is 20.9 Å². The Morgan fingerprint density at radius 1 is 1.55 bits per heavy atom. The van der Waals surface area contributed by atoms with E-state index in [2.05, 4.69) is 29.3 Å². The van der Waals surface area contributed by atoms with Gasteiger partial charge in [-0.1, -0.05) is 6.07 Å². The molecule has 0 amide bonds. The van der Waals surface area contributed by atoms with E-state index >= 15 is 0 Å². The van der Waals surface area contributed by atoms with Gasteiger partial charge in [0, 0.05) is 31.7 Å². The van der Waals surface area contributed by atoms with E-state index < -0.39 is 4.92 Å². The third-order valence-corrected chi connectivity index (χ3v) is 3.80. The Kier molecular flexibility index (Phi) is 4.53. The molecule has 0 bridgehead atoms. The Morgan fingerprint density at radius 3 is 2.85 bits per heavy atom. The number of anilines is 1. The third-order valence-electron chi connectivity index (χ3n) is 3.80. The molecule has 1 saturated heterocycles. The van der Waals surface area contributed by atoms with E-state index in [0.717, 1.165) is 31.6 Å². The van der Waals surface area contributed by atoms with Crippen molar-refractivity contribution in [2.24, 2.45) is 5.84 Å². The van der Waals surface area contributed by atoms with Crippen LogP contribution in [0.2, 0.25) is 0 Å². The summed E-state index contributed by atoms with van der Waals surface area (Å²) in [7, 11) is 4.17. The zero-order chi connectivity index (χ0) is 14.7. The van der Waals surface area contributed by atoms with Gasteiger partial charge in [-0.05, 0) is 32.1 Å². The molecule has 1 aromatic rings. The van der Waals surface area contributed by atoms with Gasteiger partial charge in [0.1, 0.15) is 5.69 Å². The highest BCUT2D eigenvalue weighted by atomic mass is 16.6. The lowest BCUT2D eigenvalue weighted by molar-refractivity contribution is -0.384. The lowest BCUT2D eigenvalue weighted by Crippen LogP contribution is -2.31. The topological polar surface area (TPSA) is 87.7 Å². The summed E-state index contributed by atoms with van der Waals surface area (Å²) >= 11 is 0. The number of nitro benzene ring substituents is 1. The number of nitrogen functional groups attached to an aromatic ring is 1. The van der Waals surface area contributed by atoms with Crippen LogP contribution < -0.4 is 11.3 Å². The molecule has 1 aliphatic rings. The first kappa shape index (κ1) is 14.7. The molecule has 1 aromatic carbocycles. The maximum atomic E-state index is 11.0. The van der Waals surface area contributed by atoms with Gasteiger partial charge in [0.2, 0.25) is 0 Å². The second-order valence-corrected chi connectivity index (χ2v) is 5.39. The molecule has 0 aliphatic carbocycles. The Balaban J connectivity index is 2.07. The molecule has 20 heavy (non-hydrogen) atoms. The second kappa shape index (κ2) is 6.17. The fourth-order valence-electron chi connectivity index (χ4n) is 2.58. The van der Waals surface area contributed by atoms with Gasteiger partial charge in [-0.25, -0.2) is 0 Å². The summed E-state index contributed by atoms with van der Waals surface area (Å²) in [6, 6.07) is 5.70. The van der Waals surface area contributed by atoms with Crippen LogP contribution in [0.5, 0.6) is 0 Å². The SMILES string of the molecule is CN(C)C1CCN(Cc2ccc(NN)c([N+](=O)[O-])c2)C1. The van der Waals surface area contributed by atoms with Gasteiger partial charge in [-0.2, -0.15) is 0 Å². The van der Waals surface area contributed by atoms with E-state index in [1.54, 1.807) is 12.1 Å². The van der Waals surface area contributed by atoms with E-state index in [0.29, 0.717) is 11.7 Å². The minimum atomic E-state index is -0.411. The predicted octanol–water partition coefficient (Wildman–Crippen LogP) is 1.02. The minimum absolute atomic E-state index is 0.0216. The summed E-state index contributed by atoms with van der Waals surface area (Å²) in [6.45, 7) is 2.75. The van der Waals surface area contributed by atoms with E-state index in [1.807, 2.05) is 6.07 Å². The molecule has 1 fully saturated rings. The van der Waals surface area contributed by atoms with Crippen LogP contribution in [0.3, 0.4) is 0 Å². The zero-order valence-electron chi connectivity index (χ0n) is 11.9. The van der Waals surface area contributed by atoms with Crippen LogP contribution in [0.4, 0.5) is 11.4 Å². The predicted molar refractivity (Wildman–Crippen MR) is 78.3 cm³/mol. The van der Waals surface area contributed by atoms with Crippen molar-refractivity contribution >= 4 is 11.4 Å². The smallest absolute Gasteiger partial charge is 0.293 e. The molecule has 1 aliphatic heterocycles. The summed E-state index contributed by atoms with van der Waals surface area (Å²) < 4.78 is 0. The van der Waals surface area contributed by atoms with Crippen molar-refractivity contribution < 1.29 is 4.92 Å². The van der Waals surface area contributed by atoms with Crippen molar-refractivity contribution in [2.45, 2.75) is 19.0 Å². The highest BCUT2D eigenvalue weighted by Crippen LogP contribution is 2.26. The first-order chi connectivity index (χ1) is 9.51. The number of nitrogens with one attached hydrogen (secondary N) is 1. The molecule has 3 N–H and O–H groups in total. The van der Waals surface area contributed by atoms with Gasteiger partial charge in [0.25, 0.3) is 5.69 Å². The Hall–Kier alpha value is -1.70. The van der Waals surface area contributed by atoms with E-state index in [4.69, 9.17) is 5.84 Å². The lowest BCUT2D eigenvalue weighted by atomic mass is 10.1. The molecule has 0 aromatic heterocycles. The number of nitrogens with two attached hydrogens (primary N) is 1. The molecule has 0 saturated carbocycles. The van der Waals surface area contributed by atoms with E-state index in [-0.39, 0.29) is 5.69 Å². The van der Waals surface area contributed by atoms with Gasteiger partial charge in [-0.15, -0.1) is 0 Å². The lowest BCUT2D eigenvalue weighted by Gasteiger charge is -2.20. The Labute approximate surface area is 118 Å². The number of nitrogens with zero attached hydrogens (tertiary/aromatic N) is 3. The summed E-state index contributed by atoms with van der Waals surface area (Å²) in [6.07, 6.45) is 1.14.